The Morgan fingerprint density at radius 3 is 2.74 bits per heavy atom. The van der Waals surface area contributed by atoms with E-state index in [0.29, 0.717) is 6.54 Å². The van der Waals surface area contributed by atoms with Crippen LogP contribution in [0.3, 0.4) is 0 Å². The van der Waals surface area contributed by atoms with Gasteiger partial charge in [-0.1, -0.05) is 12.1 Å². The predicted molar refractivity (Wildman–Crippen MR) is 122 cm³/mol. The highest BCUT2D eigenvalue weighted by Crippen LogP contribution is 2.28. The molecule has 0 saturated carbocycles. The van der Waals surface area contributed by atoms with E-state index >= 15 is 0 Å². The standard InChI is InChI=1S/C23H28N6O2/c1-16-13-25-22-21(27-16)12-20(28-23(22)26-15-19-14-24-6-9-31-19)17-2-4-18(5-3-17)29-7-10-30-11-8-29/h2-5,12-13,19,24H,6-11,14-15H2,1H3,(H,26,28). The maximum Gasteiger partial charge on any atom is 0.154 e. The summed E-state index contributed by atoms with van der Waals surface area (Å²) in [5.74, 6) is 0.742. The van der Waals surface area contributed by atoms with Gasteiger partial charge in [-0.3, -0.25) is 0 Å². The van der Waals surface area contributed by atoms with E-state index in [1.807, 2.05) is 13.0 Å². The number of aryl methyl sites for hydroxylation is 1. The molecule has 4 heterocycles. The maximum atomic E-state index is 5.81. The number of nitrogens with zero attached hydrogens (tertiary/aromatic N) is 4. The summed E-state index contributed by atoms with van der Waals surface area (Å²) in [5, 5.41) is 6.81. The average molecular weight is 421 g/mol. The molecule has 2 aromatic heterocycles. The summed E-state index contributed by atoms with van der Waals surface area (Å²) in [5.41, 5.74) is 5.66. The third kappa shape index (κ3) is 4.61. The van der Waals surface area contributed by atoms with Crippen molar-refractivity contribution in [1.82, 2.24) is 20.3 Å². The number of aromatic nitrogens is 3. The molecule has 162 valence electrons. The lowest BCUT2D eigenvalue weighted by atomic mass is 10.1. The molecular weight excluding hydrogens is 392 g/mol. The Hall–Kier alpha value is -2.81. The van der Waals surface area contributed by atoms with Crippen molar-refractivity contribution in [2.75, 3.05) is 62.8 Å². The molecule has 3 aromatic rings. The molecule has 0 amide bonds. The van der Waals surface area contributed by atoms with Gasteiger partial charge in [0.05, 0.1) is 42.8 Å². The van der Waals surface area contributed by atoms with Gasteiger partial charge in [0.25, 0.3) is 0 Å². The molecule has 2 aliphatic heterocycles. The van der Waals surface area contributed by atoms with E-state index in [9.17, 15) is 0 Å². The lowest BCUT2D eigenvalue weighted by molar-refractivity contribution is 0.0372. The van der Waals surface area contributed by atoms with Gasteiger partial charge in [0.1, 0.15) is 5.52 Å². The molecule has 0 spiro atoms. The molecule has 1 unspecified atom stereocenters. The van der Waals surface area contributed by atoms with Crippen LogP contribution in [-0.2, 0) is 9.47 Å². The van der Waals surface area contributed by atoms with E-state index in [0.717, 1.165) is 79.8 Å². The average Bonchev–Trinajstić information content (AvgIpc) is 2.83. The molecule has 2 fully saturated rings. The molecule has 2 N–H and O–H groups in total. The second-order valence-corrected chi connectivity index (χ2v) is 7.96. The molecule has 1 atom stereocenters. The van der Waals surface area contributed by atoms with Gasteiger partial charge in [-0.25, -0.2) is 15.0 Å². The van der Waals surface area contributed by atoms with Gasteiger partial charge < -0.3 is 25.0 Å². The van der Waals surface area contributed by atoms with E-state index in [1.165, 1.54) is 5.69 Å². The van der Waals surface area contributed by atoms with Crippen LogP contribution in [0.2, 0.25) is 0 Å². The summed E-state index contributed by atoms with van der Waals surface area (Å²) in [6.07, 6.45) is 1.89. The third-order valence-electron chi connectivity index (χ3n) is 5.69. The van der Waals surface area contributed by atoms with Gasteiger partial charge >= 0.3 is 0 Å². The van der Waals surface area contributed by atoms with Crippen LogP contribution in [-0.4, -0.2) is 73.6 Å². The first-order chi connectivity index (χ1) is 15.3. The number of rotatable bonds is 5. The minimum atomic E-state index is 0.112. The van der Waals surface area contributed by atoms with Crippen molar-refractivity contribution < 1.29 is 9.47 Å². The number of benzene rings is 1. The summed E-state index contributed by atoms with van der Waals surface area (Å²) < 4.78 is 11.3. The zero-order chi connectivity index (χ0) is 21.0. The predicted octanol–water partition coefficient (Wildman–Crippen LogP) is 2.24. The van der Waals surface area contributed by atoms with Crippen molar-refractivity contribution in [2.45, 2.75) is 13.0 Å². The van der Waals surface area contributed by atoms with Crippen LogP contribution >= 0.6 is 0 Å². The highest BCUT2D eigenvalue weighted by atomic mass is 16.5. The molecule has 0 aliphatic carbocycles. The number of morpholine rings is 2. The first-order valence-electron chi connectivity index (χ1n) is 10.9. The zero-order valence-corrected chi connectivity index (χ0v) is 17.8. The van der Waals surface area contributed by atoms with Crippen molar-refractivity contribution in [3.8, 4) is 11.3 Å². The summed E-state index contributed by atoms with van der Waals surface area (Å²) in [6, 6.07) is 10.6. The number of anilines is 2. The van der Waals surface area contributed by atoms with E-state index in [1.54, 1.807) is 6.20 Å². The quantitative estimate of drug-likeness (QED) is 0.650. The topological polar surface area (TPSA) is 84.4 Å². The molecular formula is C23H28N6O2. The lowest BCUT2D eigenvalue weighted by Crippen LogP contribution is -2.42. The number of hydrogen-bond donors (Lipinski definition) is 2. The minimum absolute atomic E-state index is 0.112. The minimum Gasteiger partial charge on any atom is -0.378 e. The van der Waals surface area contributed by atoms with Gasteiger partial charge in [-0.2, -0.15) is 0 Å². The summed E-state index contributed by atoms with van der Waals surface area (Å²) in [7, 11) is 0. The molecule has 2 saturated heterocycles. The number of hydrogen-bond acceptors (Lipinski definition) is 8. The molecule has 8 nitrogen and oxygen atoms in total. The van der Waals surface area contributed by atoms with Crippen LogP contribution in [0.1, 0.15) is 5.69 Å². The van der Waals surface area contributed by atoms with E-state index in [4.69, 9.17) is 19.4 Å². The fourth-order valence-corrected chi connectivity index (χ4v) is 4.01. The van der Waals surface area contributed by atoms with Crippen LogP contribution in [0.4, 0.5) is 11.5 Å². The Morgan fingerprint density at radius 1 is 1.13 bits per heavy atom. The fourth-order valence-electron chi connectivity index (χ4n) is 4.01. The second kappa shape index (κ2) is 9.13. The molecule has 0 bridgehead atoms. The van der Waals surface area contributed by atoms with E-state index in [-0.39, 0.29) is 6.10 Å². The molecule has 1 aromatic carbocycles. The molecule has 8 heteroatoms. The van der Waals surface area contributed by atoms with Crippen LogP contribution in [0.5, 0.6) is 0 Å². The first-order valence-corrected chi connectivity index (χ1v) is 10.9. The van der Waals surface area contributed by atoms with Crippen LogP contribution in [0, 0.1) is 6.92 Å². The second-order valence-electron chi connectivity index (χ2n) is 7.96. The molecule has 2 aliphatic rings. The molecule has 5 rings (SSSR count). The lowest BCUT2D eigenvalue weighted by Gasteiger charge is -2.28. The van der Waals surface area contributed by atoms with Crippen LogP contribution < -0.4 is 15.5 Å². The number of pyridine rings is 1. The van der Waals surface area contributed by atoms with Crippen molar-refractivity contribution in [3.63, 3.8) is 0 Å². The zero-order valence-electron chi connectivity index (χ0n) is 17.8. The smallest absolute Gasteiger partial charge is 0.154 e. The van der Waals surface area contributed by atoms with Crippen LogP contribution in [0.25, 0.3) is 22.3 Å². The number of nitrogens with one attached hydrogen (secondary N) is 2. The summed E-state index contributed by atoms with van der Waals surface area (Å²) in [4.78, 5) is 16.5. The summed E-state index contributed by atoms with van der Waals surface area (Å²) >= 11 is 0. The maximum absolute atomic E-state index is 5.81. The molecule has 0 radical (unpaired) electrons. The van der Waals surface area contributed by atoms with Gasteiger partial charge in [0.15, 0.2) is 5.82 Å². The Bertz CT molecular complexity index is 1030. The Kier molecular flexibility index (Phi) is 5.93. The highest BCUT2D eigenvalue weighted by Gasteiger charge is 2.16. The normalized spacial score (nSPS) is 19.5. The molecule has 31 heavy (non-hydrogen) atoms. The Morgan fingerprint density at radius 2 is 1.97 bits per heavy atom. The highest BCUT2D eigenvalue weighted by molar-refractivity contribution is 5.88. The van der Waals surface area contributed by atoms with Crippen molar-refractivity contribution in [2.24, 2.45) is 0 Å². The van der Waals surface area contributed by atoms with Crippen molar-refractivity contribution >= 4 is 22.5 Å². The van der Waals surface area contributed by atoms with Gasteiger partial charge in [-0.15, -0.1) is 0 Å². The summed E-state index contributed by atoms with van der Waals surface area (Å²) in [6.45, 7) is 8.50. The van der Waals surface area contributed by atoms with Crippen LogP contribution in [0.15, 0.2) is 36.5 Å². The van der Waals surface area contributed by atoms with Crippen molar-refractivity contribution in [1.29, 1.82) is 0 Å². The Balaban J connectivity index is 1.43. The number of ether oxygens (including phenoxy) is 2. The fraction of sp³-hybridized carbons (Fsp3) is 0.435. The SMILES string of the molecule is Cc1cnc2c(NCC3CNCCO3)nc(-c3ccc(N4CCOCC4)cc3)cc2n1. The van der Waals surface area contributed by atoms with E-state index < -0.39 is 0 Å². The Labute approximate surface area is 182 Å². The number of fused-ring (bicyclic) bond motifs is 1. The van der Waals surface area contributed by atoms with Crippen molar-refractivity contribution in [3.05, 3.63) is 42.2 Å². The van der Waals surface area contributed by atoms with Gasteiger partial charge in [0, 0.05) is 50.2 Å². The third-order valence-corrected chi connectivity index (χ3v) is 5.69. The van der Waals surface area contributed by atoms with E-state index in [2.05, 4.69) is 44.8 Å². The van der Waals surface area contributed by atoms with Gasteiger partial charge in [0.2, 0.25) is 0 Å². The first kappa shape index (κ1) is 20.1. The largest absolute Gasteiger partial charge is 0.378 e. The van der Waals surface area contributed by atoms with Gasteiger partial charge in [-0.05, 0) is 25.1 Å². The monoisotopic (exact) mass is 420 g/mol.